The molecule has 19 heavy (non-hydrogen) atoms. The van der Waals surface area contributed by atoms with Crippen molar-refractivity contribution in [2.75, 3.05) is 7.05 Å². The number of aryl methyl sites for hydroxylation is 1. The van der Waals surface area contributed by atoms with E-state index >= 15 is 0 Å². The van der Waals surface area contributed by atoms with Gasteiger partial charge in [-0.3, -0.25) is 4.68 Å². The van der Waals surface area contributed by atoms with Crippen molar-refractivity contribution in [3.8, 4) is 0 Å². The van der Waals surface area contributed by atoms with Crippen molar-refractivity contribution in [2.45, 2.75) is 25.9 Å². The highest BCUT2D eigenvalue weighted by Gasteiger charge is 2.16. The van der Waals surface area contributed by atoms with Crippen molar-refractivity contribution in [3.63, 3.8) is 0 Å². The maximum Gasteiger partial charge on any atom is 0.0616 e. The molecule has 0 saturated carbocycles. The van der Waals surface area contributed by atoms with Gasteiger partial charge in [-0.15, -0.1) is 0 Å². The van der Waals surface area contributed by atoms with Crippen LogP contribution in [0.4, 0.5) is 0 Å². The van der Waals surface area contributed by atoms with E-state index in [1.54, 1.807) is 0 Å². The lowest BCUT2D eigenvalue weighted by molar-refractivity contribution is 0.600. The third-order valence-corrected chi connectivity index (χ3v) is 3.92. The van der Waals surface area contributed by atoms with Crippen molar-refractivity contribution in [3.05, 3.63) is 51.2 Å². The fourth-order valence-corrected chi connectivity index (χ4v) is 3.03. The molecule has 0 fully saturated rings. The second-order valence-electron chi connectivity index (χ2n) is 4.42. The number of nitrogens with one attached hydrogen (secondary N) is 1. The average molecular weight is 343 g/mol. The molecule has 2 rings (SSSR count). The van der Waals surface area contributed by atoms with Crippen LogP contribution in [-0.2, 0) is 6.54 Å². The van der Waals surface area contributed by atoms with Crippen LogP contribution in [0.15, 0.2) is 35.1 Å². The third-order valence-electron chi connectivity index (χ3n) is 3.00. The lowest BCUT2D eigenvalue weighted by atomic mass is 10.0. The van der Waals surface area contributed by atoms with Crippen molar-refractivity contribution < 1.29 is 0 Å². The van der Waals surface area contributed by atoms with Crippen LogP contribution < -0.4 is 5.32 Å². The molecule has 0 spiro atoms. The van der Waals surface area contributed by atoms with Crippen LogP contribution in [0.3, 0.4) is 0 Å². The van der Waals surface area contributed by atoms with Crippen LogP contribution in [0.2, 0.25) is 5.02 Å². The summed E-state index contributed by atoms with van der Waals surface area (Å²) in [5, 5.41) is 8.44. The summed E-state index contributed by atoms with van der Waals surface area (Å²) in [6.45, 7) is 3.09. The molecule has 1 N–H and O–H groups in total. The predicted molar refractivity (Wildman–Crippen MR) is 82.6 cm³/mol. The molecule has 1 aromatic heterocycles. The van der Waals surface area contributed by atoms with Crippen LogP contribution >= 0.6 is 27.5 Å². The fraction of sp³-hybridized carbons (Fsp3) is 0.357. The minimum absolute atomic E-state index is 0.109. The zero-order chi connectivity index (χ0) is 13.8. The summed E-state index contributed by atoms with van der Waals surface area (Å²) in [7, 11) is 1.95. The summed E-state index contributed by atoms with van der Waals surface area (Å²) in [5.74, 6) is 0. The molecule has 0 aliphatic heterocycles. The van der Waals surface area contributed by atoms with Crippen LogP contribution in [0.25, 0.3) is 0 Å². The van der Waals surface area contributed by atoms with Gasteiger partial charge >= 0.3 is 0 Å². The van der Waals surface area contributed by atoms with E-state index in [2.05, 4.69) is 39.5 Å². The van der Waals surface area contributed by atoms with E-state index in [4.69, 9.17) is 11.6 Å². The number of hydrogen-bond acceptors (Lipinski definition) is 2. The highest BCUT2D eigenvalue weighted by Crippen LogP contribution is 2.30. The van der Waals surface area contributed by atoms with Gasteiger partial charge in [0.2, 0.25) is 0 Å². The Bertz CT molecular complexity index is 553. The van der Waals surface area contributed by atoms with Gasteiger partial charge in [0.25, 0.3) is 0 Å². The zero-order valence-electron chi connectivity index (χ0n) is 11.0. The van der Waals surface area contributed by atoms with E-state index in [0.717, 1.165) is 33.6 Å². The Hall–Kier alpha value is -0.840. The predicted octanol–water partition coefficient (Wildman–Crippen LogP) is 4.02. The van der Waals surface area contributed by atoms with Crippen LogP contribution in [0.5, 0.6) is 0 Å². The molecule has 1 unspecified atom stereocenters. The molecule has 0 bridgehead atoms. The first-order chi connectivity index (χ1) is 9.15. The highest BCUT2D eigenvalue weighted by molar-refractivity contribution is 9.10. The van der Waals surface area contributed by atoms with E-state index in [9.17, 15) is 0 Å². The zero-order valence-corrected chi connectivity index (χ0v) is 13.4. The largest absolute Gasteiger partial charge is 0.309 e. The van der Waals surface area contributed by atoms with Crippen molar-refractivity contribution >= 4 is 27.5 Å². The first kappa shape index (κ1) is 14.6. The molecule has 0 aliphatic carbocycles. The maximum absolute atomic E-state index is 5.99. The second kappa shape index (κ2) is 6.55. The molecule has 102 valence electrons. The number of halogens is 2. The van der Waals surface area contributed by atoms with Gasteiger partial charge in [-0.25, -0.2) is 0 Å². The molecule has 0 amide bonds. The summed E-state index contributed by atoms with van der Waals surface area (Å²) in [5.41, 5.74) is 2.31. The molecule has 1 atom stereocenters. The van der Waals surface area contributed by atoms with Gasteiger partial charge in [0.05, 0.1) is 12.2 Å². The van der Waals surface area contributed by atoms with Gasteiger partial charge < -0.3 is 5.32 Å². The number of hydrogen-bond donors (Lipinski definition) is 1. The Morgan fingerprint density at radius 2 is 2.26 bits per heavy atom. The van der Waals surface area contributed by atoms with E-state index < -0.39 is 0 Å². The molecule has 0 saturated heterocycles. The molecule has 2 aromatic rings. The Balaban J connectivity index is 2.32. The molecule has 0 radical (unpaired) electrons. The lowest BCUT2D eigenvalue weighted by Gasteiger charge is -2.16. The lowest BCUT2D eigenvalue weighted by Crippen LogP contribution is -2.17. The van der Waals surface area contributed by atoms with E-state index in [1.807, 2.05) is 36.1 Å². The Labute approximate surface area is 127 Å². The Morgan fingerprint density at radius 3 is 2.89 bits per heavy atom. The monoisotopic (exact) mass is 341 g/mol. The SMILES string of the molecule is CCCn1cc(C(NC)c2ccc(Cl)cc2Br)cn1. The molecular formula is C14H17BrClN3. The summed E-state index contributed by atoms with van der Waals surface area (Å²) in [4.78, 5) is 0. The maximum atomic E-state index is 5.99. The fourth-order valence-electron chi connectivity index (χ4n) is 2.12. The summed E-state index contributed by atoms with van der Waals surface area (Å²) in [6, 6.07) is 5.96. The number of rotatable bonds is 5. The quantitative estimate of drug-likeness (QED) is 0.889. The van der Waals surface area contributed by atoms with Gasteiger partial charge in [0.15, 0.2) is 0 Å². The normalized spacial score (nSPS) is 12.6. The second-order valence-corrected chi connectivity index (χ2v) is 5.72. The van der Waals surface area contributed by atoms with Crippen molar-refractivity contribution in [1.82, 2.24) is 15.1 Å². The summed E-state index contributed by atoms with van der Waals surface area (Å²) >= 11 is 9.56. The third kappa shape index (κ3) is 3.38. The van der Waals surface area contributed by atoms with Crippen molar-refractivity contribution in [2.24, 2.45) is 0 Å². The molecule has 1 heterocycles. The van der Waals surface area contributed by atoms with Gasteiger partial charge in [-0.2, -0.15) is 5.10 Å². The minimum Gasteiger partial charge on any atom is -0.309 e. The number of benzene rings is 1. The van der Waals surface area contributed by atoms with Crippen molar-refractivity contribution in [1.29, 1.82) is 0 Å². The molecule has 3 nitrogen and oxygen atoms in total. The minimum atomic E-state index is 0.109. The van der Waals surface area contributed by atoms with Crippen LogP contribution in [-0.4, -0.2) is 16.8 Å². The number of nitrogens with zero attached hydrogens (tertiary/aromatic N) is 2. The first-order valence-electron chi connectivity index (χ1n) is 6.30. The van der Waals surface area contributed by atoms with Crippen LogP contribution in [0, 0.1) is 0 Å². The van der Waals surface area contributed by atoms with Gasteiger partial charge in [0.1, 0.15) is 0 Å². The summed E-state index contributed by atoms with van der Waals surface area (Å²) < 4.78 is 2.98. The number of aromatic nitrogens is 2. The van der Waals surface area contributed by atoms with E-state index in [1.165, 1.54) is 0 Å². The highest BCUT2D eigenvalue weighted by atomic mass is 79.9. The molecule has 5 heteroatoms. The molecular weight excluding hydrogens is 326 g/mol. The van der Waals surface area contributed by atoms with Gasteiger partial charge in [-0.05, 0) is 31.2 Å². The Morgan fingerprint density at radius 1 is 1.47 bits per heavy atom. The van der Waals surface area contributed by atoms with E-state index in [0.29, 0.717) is 0 Å². The average Bonchev–Trinajstić information content (AvgIpc) is 2.82. The topological polar surface area (TPSA) is 29.9 Å². The standard InChI is InChI=1S/C14H17BrClN3/c1-3-6-19-9-10(8-18-19)14(17-2)12-5-4-11(16)7-13(12)15/h4-5,7-9,14,17H,3,6H2,1-2H3. The van der Waals surface area contributed by atoms with Gasteiger partial charge in [0, 0.05) is 27.8 Å². The first-order valence-corrected chi connectivity index (χ1v) is 7.47. The smallest absolute Gasteiger partial charge is 0.0616 e. The molecule has 1 aromatic carbocycles. The Kier molecular flexibility index (Phi) is 5.02. The summed E-state index contributed by atoms with van der Waals surface area (Å²) in [6.07, 6.45) is 5.08. The van der Waals surface area contributed by atoms with Crippen LogP contribution in [0.1, 0.15) is 30.5 Å². The molecule has 0 aliphatic rings. The van der Waals surface area contributed by atoms with E-state index in [-0.39, 0.29) is 6.04 Å². The van der Waals surface area contributed by atoms with Gasteiger partial charge in [-0.1, -0.05) is 40.5 Å².